The van der Waals surface area contributed by atoms with Crippen molar-refractivity contribution in [1.82, 2.24) is 0 Å². The molecule has 14 heteroatoms. The van der Waals surface area contributed by atoms with Crippen LogP contribution in [0.3, 0.4) is 0 Å². The molecule has 10 rings (SSSR count). The summed E-state index contributed by atoms with van der Waals surface area (Å²) < 4.78 is 84.3. The molecule has 2 aromatic carbocycles. The topological polar surface area (TPSA) is 211 Å². The lowest BCUT2D eigenvalue weighted by atomic mass is 9.64. The molecule has 220 valence electrons. The van der Waals surface area contributed by atoms with Gasteiger partial charge in [0.05, 0.1) is 26.1 Å². The van der Waals surface area contributed by atoms with Crippen LogP contribution >= 0.6 is 0 Å². The molecule has 7 heterocycles. The third kappa shape index (κ3) is 5.91. The van der Waals surface area contributed by atoms with E-state index >= 15 is 0 Å². The Balaban J connectivity index is 0.000000308. The maximum Gasteiger partial charge on any atom is 0.249 e. The van der Waals surface area contributed by atoms with Crippen LogP contribution in [0.15, 0.2) is 85.2 Å². The normalized spacial score (nSPS) is 20.6. The Morgan fingerprint density at radius 3 is 1.21 bits per heavy atom. The largest absolute Gasteiger partial charge is 0.497 e. The summed E-state index contributed by atoms with van der Waals surface area (Å²) >= 11 is 0. The highest BCUT2D eigenvalue weighted by Gasteiger charge is 2.59. The molecule has 5 aliphatic heterocycles. The Morgan fingerprint density at radius 2 is 0.881 bits per heavy atom. The van der Waals surface area contributed by atoms with Gasteiger partial charge in [-0.2, -0.15) is 9.13 Å². The van der Waals surface area contributed by atoms with Gasteiger partial charge < -0.3 is 9.47 Å². The fourth-order valence-corrected chi connectivity index (χ4v) is 6.37. The SMILES string of the molecule is COc1ccc2c(c1)[C@H]1c3cccc[n+]3[C@@H]2[C@@H]2c3ccc(OC)cc3[C@H]1c1cccc[n+]12.[O-][Cl+3]([O-])([O-])[O-].[O-][Cl+3]([O-])([O-])[O-]. The average molecular weight is 619 g/mol. The van der Waals surface area contributed by atoms with Crippen molar-refractivity contribution in [3.8, 4) is 11.5 Å². The molecule has 4 aromatic rings. The van der Waals surface area contributed by atoms with Crippen LogP contribution in [0.5, 0.6) is 11.5 Å². The first-order valence-corrected chi connectivity index (χ1v) is 14.9. The average Bonchev–Trinajstić information content (AvgIpc) is 2.91. The first-order chi connectivity index (χ1) is 19.8. The number of hydrogen-bond acceptors (Lipinski definition) is 10. The van der Waals surface area contributed by atoms with Crippen LogP contribution < -0.4 is 55.9 Å². The van der Waals surface area contributed by atoms with Gasteiger partial charge in [0.15, 0.2) is 23.8 Å². The highest BCUT2D eigenvalue weighted by molar-refractivity contribution is 5.54. The standard InChI is InChI=1S/C28H24N2O2.2ClHO4/c1-31-17-9-11-19-21(15-17)25-23-7-3-5-13-29(23)27(19)28-20-12-10-18(32-2)16-22(20)26(25)24-8-4-6-14-30(24)28;2*2-1(3,4)5/h3-16,25-28H,1-2H3;2*(H,2,3,4,5)/q+2;;/p-2/t25-,26-,27-,28-;;/m0../s1. The van der Waals surface area contributed by atoms with E-state index < -0.39 is 20.5 Å². The molecule has 6 aliphatic rings. The highest BCUT2D eigenvalue weighted by atomic mass is 35.7. The fourth-order valence-electron chi connectivity index (χ4n) is 6.37. The van der Waals surface area contributed by atoms with Crippen LogP contribution in [0.25, 0.3) is 0 Å². The molecule has 0 spiro atoms. The minimum atomic E-state index is -4.94. The van der Waals surface area contributed by atoms with Crippen molar-refractivity contribution >= 4 is 0 Å². The van der Waals surface area contributed by atoms with E-state index in [9.17, 15) is 0 Å². The molecule has 0 saturated carbocycles. The highest BCUT2D eigenvalue weighted by Crippen LogP contribution is 2.55. The van der Waals surface area contributed by atoms with Gasteiger partial charge in [-0.1, -0.05) is 12.1 Å². The summed E-state index contributed by atoms with van der Waals surface area (Å²) in [6.45, 7) is 0. The van der Waals surface area contributed by atoms with Gasteiger partial charge in [0.1, 0.15) is 11.5 Å². The summed E-state index contributed by atoms with van der Waals surface area (Å²) in [4.78, 5) is 0. The van der Waals surface area contributed by atoms with Crippen LogP contribution in [0.2, 0.25) is 0 Å². The maximum atomic E-state index is 8.49. The number of benzene rings is 2. The van der Waals surface area contributed by atoms with Crippen LogP contribution in [0.1, 0.15) is 57.6 Å². The number of pyridine rings is 2. The van der Waals surface area contributed by atoms with Crippen LogP contribution in [0, 0.1) is 20.5 Å². The van der Waals surface area contributed by atoms with Gasteiger partial charge in [-0.25, -0.2) is 37.3 Å². The van der Waals surface area contributed by atoms with Crippen molar-refractivity contribution in [2.75, 3.05) is 14.2 Å². The summed E-state index contributed by atoms with van der Waals surface area (Å²) in [6, 6.07) is 26.9. The molecule has 0 saturated heterocycles. The zero-order chi connectivity index (χ0) is 30.4. The third-order valence-electron chi connectivity index (χ3n) is 7.61. The molecule has 1 aliphatic carbocycles. The zero-order valence-corrected chi connectivity index (χ0v) is 23.6. The number of hydrogen-bond donors (Lipinski definition) is 0. The summed E-state index contributed by atoms with van der Waals surface area (Å²) in [5, 5.41) is 0. The second-order valence-corrected chi connectivity index (χ2v) is 11.2. The van der Waals surface area contributed by atoms with E-state index in [0.717, 1.165) is 11.5 Å². The second kappa shape index (κ2) is 11.4. The van der Waals surface area contributed by atoms with Gasteiger partial charge in [-0.3, -0.25) is 0 Å². The van der Waals surface area contributed by atoms with Gasteiger partial charge in [-0.15, -0.1) is 20.5 Å². The fraction of sp³-hybridized carbons (Fsp3) is 0.214. The number of methoxy groups -OCH3 is 2. The van der Waals surface area contributed by atoms with E-state index in [0.29, 0.717) is 0 Å². The summed E-state index contributed by atoms with van der Waals surface area (Å²) in [7, 11) is -6.38. The third-order valence-corrected chi connectivity index (χ3v) is 7.61. The van der Waals surface area contributed by atoms with Crippen molar-refractivity contribution in [3.05, 3.63) is 119 Å². The van der Waals surface area contributed by atoms with Crippen molar-refractivity contribution < 1.29 is 76.4 Å². The molecule has 4 bridgehead atoms. The maximum absolute atomic E-state index is 8.49. The van der Waals surface area contributed by atoms with Crippen molar-refractivity contribution in [2.45, 2.75) is 23.9 Å². The van der Waals surface area contributed by atoms with E-state index in [-0.39, 0.29) is 23.9 Å². The molecular formula is C28H24Cl2N2O10. The molecule has 0 N–H and O–H groups in total. The summed E-state index contributed by atoms with van der Waals surface area (Å²) in [5.41, 5.74) is 8.24. The molecule has 4 atom stereocenters. The Kier molecular flexibility index (Phi) is 8.13. The molecule has 0 unspecified atom stereocenters. The van der Waals surface area contributed by atoms with Gasteiger partial charge >= 0.3 is 0 Å². The smallest absolute Gasteiger partial charge is 0.249 e. The van der Waals surface area contributed by atoms with E-state index in [1.54, 1.807) is 14.2 Å². The quantitative estimate of drug-likeness (QED) is 0.194. The number of halogens is 2. The van der Waals surface area contributed by atoms with Gasteiger partial charge in [0.2, 0.25) is 12.1 Å². The number of rotatable bonds is 2. The number of ether oxygens (including phenoxy) is 2. The van der Waals surface area contributed by atoms with Crippen LogP contribution in [-0.4, -0.2) is 14.2 Å². The van der Waals surface area contributed by atoms with Crippen LogP contribution in [0.4, 0.5) is 0 Å². The molecule has 42 heavy (non-hydrogen) atoms. The summed E-state index contributed by atoms with van der Waals surface area (Å²) in [6.07, 6.45) is 4.51. The predicted molar refractivity (Wildman–Crippen MR) is 119 cm³/mol. The van der Waals surface area contributed by atoms with Crippen molar-refractivity contribution in [2.24, 2.45) is 0 Å². The Bertz CT molecular complexity index is 1480. The Hall–Kier alpha value is -3.40. The van der Waals surface area contributed by atoms with Crippen molar-refractivity contribution in [3.63, 3.8) is 0 Å². The van der Waals surface area contributed by atoms with Gasteiger partial charge in [0.25, 0.3) is 0 Å². The predicted octanol–water partition coefficient (Wildman–Crippen LogP) is -5.45. The lowest BCUT2D eigenvalue weighted by molar-refractivity contribution is -2.00. The monoisotopic (exact) mass is 618 g/mol. The lowest BCUT2D eigenvalue weighted by Crippen LogP contribution is -2.68. The van der Waals surface area contributed by atoms with Gasteiger partial charge in [-0.05, 0) is 47.5 Å². The van der Waals surface area contributed by atoms with Crippen molar-refractivity contribution in [1.29, 1.82) is 0 Å². The number of nitrogens with zero attached hydrogens (tertiary/aromatic N) is 2. The minimum Gasteiger partial charge on any atom is -0.497 e. The van der Waals surface area contributed by atoms with Crippen LogP contribution in [-0.2, 0) is 0 Å². The first kappa shape index (κ1) is 30.1. The second-order valence-electron chi connectivity index (χ2n) is 9.66. The van der Waals surface area contributed by atoms with E-state index in [4.69, 9.17) is 46.7 Å². The Morgan fingerprint density at radius 1 is 0.524 bits per heavy atom. The van der Waals surface area contributed by atoms with Gasteiger partial charge in [0, 0.05) is 35.4 Å². The molecule has 0 amide bonds. The van der Waals surface area contributed by atoms with E-state index in [1.807, 2.05) is 0 Å². The molecule has 0 fully saturated rings. The summed E-state index contributed by atoms with van der Waals surface area (Å²) in [5.74, 6) is 2.19. The molecule has 12 nitrogen and oxygen atoms in total. The van der Waals surface area contributed by atoms with E-state index in [1.165, 1.54) is 33.6 Å². The zero-order valence-electron chi connectivity index (χ0n) is 22.1. The molecule has 2 aromatic heterocycles. The lowest BCUT2D eigenvalue weighted by Gasteiger charge is -2.42. The Labute approximate surface area is 244 Å². The number of aromatic nitrogens is 2. The molecule has 0 radical (unpaired) electrons. The molecular weight excluding hydrogens is 595 g/mol. The van der Waals surface area contributed by atoms with E-state index in [2.05, 4.69) is 94.3 Å². The first-order valence-electron chi connectivity index (χ1n) is 12.4. The minimum absolute atomic E-state index is 0.155.